The summed E-state index contributed by atoms with van der Waals surface area (Å²) in [5.41, 5.74) is 6.35. The van der Waals surface area contributed by atoms with E-state index in [1.54, 1.807) is 6.92 Å². The van der Waals surface area contributed by atoms with Gasteiger partial charge in [-0.2, -0.15) is 0 Å². The number of unbranched alkanes of at least 4 members (excludes halogenated alkanes) is 1. The van der Waals surface area contributed by atoms with Crippen LogP contribution in [0.2, 0.25) is 0 Å². The Hall–Kier alpha value is -3.64. The van der Waals surface area contributed by atoms with Crippen molar-refractivity contribution in [2.75, 3.05) is 26.9 Å². The molecule has 0 N–H and O–H groups in total. The van der Waals surface area contributed by atoms with Crippen molar-refractivity contribution in [3.05, 3.63) is 83.3 Å². The lowest BCUT2D eigenvalue weighted by Crippen LogP contribution is -2.17. The van der Waals surface area contributed by atoms with Gasteiger partial charge in [0.05, 0.1) is 24.8 Å². The van der Waals surface area contributed by atoms with Gasteiger partial charge in [0.1, 0.15) is 11.6 Å². The molecule has 1 saturated heterocycles. The Morgan fingerprint density at radius 3 is 2.50 bits per heavy atom. The van der Waals surface area contributed by atoms with Gasteiger partial charge in [0.25, 0.3) is 0 Å². The highest BCUT2D eigenvalue weighted by Gasteiger charge is 2.28. The van der Waals surface area contributed by atoms with Crippen LogP contribution in [0.5, 0.6) is 5.75 Å². The third kappa shape index (κ3) is 5.05. The number of hydrogen-bond acceptors (Lipinski definition) is 4. The Morgan fingerprint density at radius 1 is 1.05 bits per heavy atom. The molecule has 4 aromatic rings. The Bertz CT molecular complexity index is 1430. The van der Waals surface area contributed by atoms with Gasteiger partial charge >= 0.3 is 5.97 Å². The van der Waals surface area contributed by atoms with Crippen LogP contribution in [-0.2, 0) is 9.47 Å². The molecule has 198 valence electrons. The van der Waals surface area contributed by atoms with Gasteiger partial charge in [0, 0.05) is 41.5 Å². The molecule has 1 aliphatic rings. The number of aryl methyl sites for hydroxylation is 1. The van der Waals surface area contributed by atoms with Crippen LogP contribution in [0.4, 0.5) is 4.39 Å². The van der Waals surface area contributed by atoms with Crippen molar-refractivity contribution in [2.45, 2.75) is 45.4 Å². The predicted molar refractivity (Wildman–Crippen MR) is 148 cm³/mol. The molecule has 5 nitrogen and oxygen atoms in total. The average molecular weight is 516 g/mol. The van der Waals surface area contributed by atoms with Gasteiger partial charge in [-0.25, -0.2) is 9.18 Å². The van der Waals surface area contributed by atoms with Crippen molar-refractivity contribution in [1.82, 2.24) is 4.57 Å². The second-order valence-electron chi connectivity index (χ2n) is 9.87. The molecule has 38 heavy (non-hydrogen) atoms. The number of nitrogens with zero attached hydrogens (tertiary/aromatic N) is 1. The second kappa shape index (κ2) is 11.4. The number of esters is 1. The highest BCUT2D eigenvalue weighted by Crippen LogP contribution is 2.44. The normalized spacial score (nSPS) is 14.1. The average Bonchev–Trinajstić information content (AvgIpc) is 3.29. The predicted octanol–water partition coefficient (Wildman–Crippen LogP) is 7.60. The molecule has 0 atom stereocenters. The SMILES string of the molecule is CCCCOc1ccc2c(c1)c(-c1ccc(C(=O)OC)cc1)c(C1CCOCC1)n2-c1ccc(F)c(C)c1. The lowest BCUT2D eigenvalue weighted by Gasteiger charge is -2.26. The number of ether oxygens (including phenoxy) is 3. The minimum Gasteiger partial charge on any atom is -0.494 e. The summed E-state index contributed by atoms with van der Waals surface area (Å²) in [7, 11) is 1.39. The van der Waals surface area contributed by atoms with Crippen LogP contribution in [0, 0.1) is 12.7 Å². The lowest BCUT2D eigenvalue weighted by molar-refractivity contribution is 0.0600. The lowest BCUT2D eigenvalue weighted by atomic mass is 9.89. The summed E-state index contributed by atoms with van der Waals surface area (Å²) < 4.78 is 33.3. The monoisotopic (exact) mass is 515 g/mol. The highest BCUT2D eigenvalue weighted by atomic mass is 19.1. The van der Waals surface area contributed by atoms with Crippen molar-refractivity contribution in [2.24, 2.45) is 0 Å². The van der Waals surface area contributed by atoms with Crippen molar-refractivity contribution in [1.29, 1.82) is 0 Å². The topological polar surface area (TPSA) is 49.7 Å². The molecule has 3 aromatic carbocycles. The molecule has 5 rings (SSSR count). The zero-order chi connectivity index (χ0) is 26.6. The van der Waals surface area contributed by atoms with E-state index in [9.17, 15) is 9.18 Å². The minimum atomic E-state index is -0.364. The van der Waals surface area contributed by atoms with Crippen LogP contribution >= 0.6 is 0 Å². The van der Waals surface area contributed by atoms with Crippen LogP contribution in [-0.4, -0.2) is 37.5 Å². The molecule has 0 amide bonds. The molecule has 6 heteroatoms. The van der Waals surface area contributed by atoms with Gasteiger partial charge in [-0.15, -0.1) is 0 Å². The fourth-order valence-electron chi connectivity index (χ4n) is 5.31. The third-order valence-electron chi connectivity index (χ3n) is 7.34. The van der Waals surface area contributed by atoms with Crippen LogP contribution in [0.3, 0.4) is 0 Å². The largest absolute Gasteiger partial charge is 0.494 e. The number of benzene rings is 3. The molecule has 1 aliphatic heterocycles. The minimum absolute atomic E-state index is 0.219. The number of aromatic nitrogens is 1. The van der Waals surface area contributed by atoms with E-state index in [1.807, 2.05) is 42.5 Å². The summed E-state index contributed by atoms with van der Waals surface area (Å²) in [6.07, 6.45) is 3.84. The van der Waals surface area contributed by atoms with Gasteiger partial charge < -0.3 is 18.8 Å². The smallest absolute Gasteiger partial charge is 0.337 e. The van der Waals surface area contributed by atoms with E-state index in [0.717, 1.165) is 59.2 Å². The van der Waals surface area contributed by atoms with Gasteiger partial charge in [-0.3, -0.25) is 0 Å². The number of carbonyl (C=O) groups is 1. The van der Waals surface area contributed by atoms with E-state index in [-0.39, 0.29) is 17.7 Å². The summed E-state index contributed by atoms with van der Waals surface area (Å²) >= 11 is 0. The maximum atomic E-state index is 14.3. The molecule has 2 heterocycles. The molecule has 0 spiro atoms. The van der Waals surface area contributed by atoms with E-state index in [2.05, 4.69) is 23.6 Å². The number of carbonyl (C=O) groups excluding carboxylic acids is 1. The summed E-state index contributed by atoms with van der Waals surface area (Å²) in [5.74, 6) is 0.491. The molecule has 0 aliphatic carbocycles. The first-order chi connectivity index (χ1) is 18.5. The quantitative estimate of drug-likeness (QED) is 0.179. The Balaban J connectivity index is 1.78. The standard InChI is InChI=1S/C32H34FNO4/c1-4-5-16-38-26-11-13-29-27(20-26)30(22-6-8-24(9-7-22)32(35)36-3)31(23-14-17-37-18-15-23)34(29)25-10-12-28(33)21(2)19-25/h6-13,19-20,23H,4-5,14-18H2,1-3H3. The maximum Gasteiger partial charge on any atom is 0.337 e. The van der Waals surface area contributed by atoms with E-state index >= 15 is 0 Å². The molecule has 0 saturated carbocycles. The van der Waals surface area contributed by atoms with E-state index < -0.39 is 0 Å². The summed E-state index contributed by atoms with van der Waals surface area (Å²) in [6.45, 7) is 6.00. The summed E-state index contributed by atoms with van der Waals surface area (Å²) in [4.78, 5) is 12.1. The fraction of sp³-hybridized carbons (Fsp3) is 0.344. The van der Waals surface area contributed by atoms with Crippen molar-refractivity contribution < 1.29 is 23.4 Å². The molecular weight excluding hydrogens is 481 g/mol. The first kappa shape index (κ1) is 26.0. The first-order valence-electron chi connectivity index (χ1n) is 13.4. The summed E-state index contributed by atoms with van der Waals surface area (Å²) in [6, 6.07) is 19.1. The van der Waals surface area contributed by atoms with Gasteiger partial charge in [0.2, 0.25) is 0 Å². The van der Waals surface area contributed by atoms with E-state index in [0.29, 0.717) is 30.9 Å². The maximum absolute atomic E-state index is 14.3. The third-order valence-corrected chi connectivity index (χ3v) is 7.34. The van der Waals surface area contributed by atoms with Crippen LogP contribution in [0.25, 0.3) is 27.7 Å². The van der Waals surface area contributed by atoms with Crippen molar-refractivity contribution >= 4 is 16.9 Å². The number of fused-ring (bicyclic) bond motifs is 1. The molecule has 1 aromatic heterocycles. The highest BCUT2D eigenvalue weighted by molar-refractivity contribution is 6.01. The molecule has 0 radical (unpaired) electrons. The Morgan fingerprint density at radius 2 is 1.82 bits per heavy atom. The first-order valence-corrected chi connectivity index (χ1v) is 13.4. The van der Waals surface area contributed by atoms with Crippen LogP contribution < -0.4 is 4.74 Å². The molecular formula is C32H34FNO4. The number of hydrogen-bond donors (Lipinski definition) is 0. The zero-order valence-corrected chi connectivity index (χ0v) is 22.3. The van der Waals surface area contributed by atoms with Crippen LogP contribution in [0.1, 0.15) is 60.1 Å². The Kier molecular flexibility index (Phi) is 7.79. The van der Waals surface area contributed by atoms with Crippen molar-refractivity contribution in [3.63, 3.8) is 0 Å². The Labute approximate surface area is 223 Å². The summed E-state index contributed by atoms with van der Waals surface area (Å²) in [5, 5.41) is 1.06. The number of halogens is 1. The van der Waals surface area contributed by atoms with E-state index in [4.69, 9.17) is 14.2 Å². The number of rotatable bonds is 8. The molecule has 0 bridgehead atoms. The van der Waals surface area contributed by atoms with E-state index in [1.165, 1.54) is 18.9 Å². The molecule has 1 fully saturated rings. The number of methoxy groups -OCH3 is 1. The van der Waals surface area contributed by atoms with Gasteiger partial charge in [-0.05, 0) is 85.8 Å². The zero-order valence-electron chi connectivity index (χ0n) is 22.3. The fourth-order valence-corrected chi connectivity index (χ4v) is 5.31. The second-order valence-corrected chi connectivity index (χ2v) is 9.87. The van der Waals surface area contributed by atoms with Gasteiger partial charge in [-0.1, -0.05) is 25.5 Å². The van der Waals surface area contributed by atoms with Gasteiger partial charge in [0.15, 0.2) is 0 Å². The van der Waals surface area contributed by atoms with Crippen molar-refractivity contribution in [3.8, 4) is 22.6 Å². The van der Waals surface area contributed by atoms with Crippen LogP contribution in [0.15, 0.2) is 60.7 Å². The molecule has 0 unspecified atom stereocenters.